The lowest BCUT2D eigenvalue weighted by Gasteiger charge is -2.35. The number of rotatable bonds is 1. The molecule has 76 valence electrons. The van der Waals surface area contributed by atoms with Crippen molar-refractivity contribution in [1.29, 1.82) is 0 Å². The zero-order valence-electron chi connectivity index (χ0n) is 8.20. The molecule has 0 aromatic carbocycles. The van der Waals surface area contributed by atoms with Crippen LogP contribution < -0.4 is 10.2 Å². The highest BCUT2D eigenvalue weighted by atomic mass is 35.5. The SMILES string of the molecule is C[C@H]1CNCCN1c1cncc(Cl)c1. The predicted molar refractivity (Wildman–Crippen MR) is 58.9 cm³/mol. The van der Waals surface area contributed by atoms with Crippen LogP contribution in [0.1, 0.15) is 6.92 Å². The lowest BCUT2D eigenvalue weighted by atomic mass is 10.2. The molecular weight excluding hydrogens is 198 g/mol. The van der Waals surface area contributed by atoms with Crippen LogP contribution in [-0.2, 0) is 0 Å². The molecule has 0 unspecified atom stereocenters. The number of nitrogens with one attached hydrogen (secondary N) is 1. The summed E-state index contributed by atoms with van der Waals surface area (Å²) >= 11 is 5.91. The van der Waals surface area contributed by atoms with Crippen LogP contribution in [0.3, 0.4) is 0 Å². The number of anilines is 1. The molecule has 0 bridgehead atoms. The van der Waals surface area contributed by atoms with E-state index in [0.717, 1.165) is 25.3 Å². The fraction of sp³-hybridized carbons (Fsp3) is 0.500. The zero-order valence-corrected chi connectivity index (χ0v) is 8.96. The Kier molecular flexibility index (Phi) is 2.89. The summed E-state index contributed by atoms with van der Waals surface area (Å²) in [5.74, 6) is 0. The van der Waals surface area contributed by atoms with Gasteiger partial charge < -0.3 is 10.2 Å². The smallest absolute Gasteiger partial charge is 0.0609 e. The highest BCUT2D eigenvalue weighted by Crippen LogP contribution is 2.20. The summed E-state index contributed by atoms with van der Waals surface area (Å²) in [6.45, 7) is 5.26. The summed E-state index contributed by atoms with van der Waals surface area (Å²) < 4.78 is 0. The van der Waals surface area contributed by atoms with E-state index < -0.39 is 0 Å². The third-order valence-electron chi connectivity index (χ3n) is 2.52. The Morgan fingerprint density at radius 3 is 3.14 bits per heavy atom. The number of aromatic nitrogens is 1. The van der Waals surface area contributed by atoms with Crippen molar-refractivity contribution in [3.8, 4) is 0 Å². The molecule has 1 saturated heterocycles. The molecule has 1 aliphatic rings. The van der Waals surface area contributed by atoms with Crippen LogP contribution in [0, 0.1) is 0 Å². The van der Waals surface area contributed by atoms with E-state index in [-0.39, 0.29) is 0 Å². The molecule has 2 heterocycles. The van der Waals surface area contributed by atoms with Gasteiger partial charge in [0.15, 0.2) is 0 Å². The van der Waals surface area contributed by atoms with Crippen molar-refractivity contribution in [2.24, 2.45) is 0 Å². The zero-order chi connectivity index (χ0) is 9.97. The Morgan fingerprint density at radius 1 is 1.57 bits per heavy atom. The highest BCUT2D eigenvalue weighted by Gasteiger charge is 2.18. The third-order valence-corrected chi connectivity index (χ3v) is 2.73. The minimum absolute atomic E-state index is 0.504. The van der Waals surface area contributed by atoms with E-state index in [9.17, 15) is 0 Å². The van der Waals surface area contributed by atoms with E-state index in [0.29, 0.717) is 11.1 Å². The van der Waals surface area contributed by atoms with Crippen LogP contribution in [0.4, 0.5) is 5.69 Å². The lowest BCUT2D eigenvalue weighted by Crippen LogP contribution is -2.49. The standard InChI is InChI=1S/C10H14ClN3/c1-8-5-12-2-3-14(8)10-4-9(11)6-13-7-10/h4,6-8,12H,2-3,5H2,1H3/t8-/m0/s1. The van der Waals surface area contributed by atoms with E-state index in [1.54, 1.807) is 6.20 Å². The van der Waals surface area contributed by atoms with Gasteiger partial charge >= 0.3 is 0 Å². The molecule has 3 nitrogen and oxygen atoms in total. The minimum Gasteiger partial charge on any atom is -0.365 e. The first-order valence-electron chi connectivity index (χ1n) is 4.85. The molecular formula is C10H14ClN3. The van der Waals surface area contributed by atoms with E-state index in [1.165, 1.54) is 0 Å². The molecule has 14 heavy (non-hydrogen) atoms. The van der Waals surface area contributed by atoms with Crippen LogP contribution in [0.5, 0.6) is 0 Å². The summed E-state index contributed by atoms with van der Waals surface area (Å²) in [7, 11) is 0. The fourth-order valence-electron chi connectivity index (χ4n) is 1.78. The molecule has 1 aromatic heterocycles. The van der Waals surface area contributed by atoms with E-state index in [4.69, 9.17) is 11.6 Å². The number of pyridine rings is 1. The van der Waals surface area contributed by atoms with Gasteiger partial charge in [-0.3, -0.25) is 4.98 Å². The van der Waals surface area contributed by atoms with Crippen molar-refractivity contribution in [3.05, 3.63) is 23.5 Å². The van der Waals surface area contributed by atoms with Crippen molar-refractivity contribution >= 4 is 17.3 Å². The van der Waals surface area contributed by atoms with Gasteiger partial charge in [0.2, 0.25) is 0 Å². The third kappa shape index (κ3) is 1.99. The molecule has 0 saturated carbocycles. The second-order valence-electron chi connectivity index (χ2n) is 3.61. The maximum Gasteiger partial charge on any atom is 0.0609 e. The Morgan fingerprint density at radius 2 is 2.43 bits per heavy atom. The molecule has 0 radical (unpaired) electrons. The minimum atomic E-state index is 0.504. The molecule has 2 rings (SSSR count). The molecule has 4 heteroatoms. The Labute approximate surface area is 89.1 Å². The second-order valence-corrected chi connectivity index (χ2v) is 4.04. The largest absolute Gasteiger partial charge is 0.365 e. The van der Waals surface area contributed by atoms with E-state index in [2.05, 4.69) is 22.1 Å². The van der Waals surface area contributed by atoms with Crippen molar-refractivity contribution < 1.29 is 0 Å². The van der Waals surface area contributed by atoms with E-state index >= 15 is 0 Å². The maximum atomic E-state index is 5.91. The van der Waals surface area contributed by atoms with Gasteiger partial charge in [0.05, 0.1) is 16.9 Å². The first-order valence-corrected chi connectivity index (χ1v) is 5.23. The van der Waals surface area contributed by atoms with Gasteiger partial charge in [-0.15, -0.1) is 0 Å². The van der Waals surface area contributed by atoms with Gasteiger partial charge in [-0.1, -0.05) is 11.6 Å². The summed E-state index contributed by atoms with van der Waals surface area (Å²) in [6.07, 6.45) is 3.53. The molecule has 1 fully saturated rings. The molecule has 0 aliphatic carbocycles. The van der Waals surface area contributed by atoms with Crippen LogP contribution in [0.2, 0.25) is 5.02 Å². The molecule has 0 amide bonds. The molecule has 1 aromatic rings. The van der Waals surface area contributed by atoms with E-state index in [1.807, 2.05) is 12.3 Å². The monoisotopic (exact) mass is 211 g/mol. The van der Waals surface area contributed by atoms with Gasteiger partial charge in [-0.25, -0.2) is 0 Å². The Hall–Kier alpha value is -0.800. The van der Waals surface area contributed by atoms with Gasteiger partial charge in [0.25, 0.3) is 0 Å². The van der Waals surface area contributed by atoms with Crippen molar-refractivity contribution in [3.63, 3.8) is 0 Å². The highest BCUT2D eigenvalue weighted by molar-refractivity contribution is 6.30. The summed E-state index contributed by atoms with van der Waals surface area (Å²) in [5, 5.41) is 4.06. The van der Waals surface area contributed by atoms with Gasteiger partial charge in [-0.2, -0.15) is 0 Å². The van der Waals surface area contributed by atoms with Crippen LogP contribution in [0.25, 0.3) is 0 Å². The lowest BCUT2D eigenvalue weighted by molar-refractivity contribution is 0.500. The van der Waals surface area contributed by atoms with Crippen LogP contribution in [-0.4, -0.2) is 30.7 Å². The van der Waals surface area contributed by atoms with Gasteiger partial charge in [0.1, 0.15) is 0 Å². The molecule has 1 atom stereocenters. The number of hydrogen-bond acceptors (Lipinski definition) is 3. The number of piperazine rings is 1. The van der Waals surface area contributed by atoms with Crippen molar-refractivity contribution in [2.45, 2.75) is 13.0 Å². The normalized spacial score (nSPS) is 22.4. The predicted octanol–water partition coefficient (Wildman–Crippen LogP) is 1.53. The number of halogens is 1. The maximum absolute atomic E-state index is 5.91. The molecule has 1 aliphatic heterocycles. The quantitative estimate of drug-likeness (QED) is 0.764. The average Bonchev–Trinajstić information content (AvgIpc) is 2.18. The van der Waals surface area contributed by atoms with Gasteiger partial charge in [-0.05, 0) is 13.0 Å². The second kappa shape index (κ2) is 4.15. The molecule has 1 N–H and O–H groups in total. The Bertz CT molecular complexity index is 316. The van der Waals surface area contributed by atoms with Gasteiger partial charge in [0, 0.05) is 31.9 Å². The summed E-state index contributed by atoms with van der Waals surface area (Å²) in [6, 6.07) is 2.47. The van der Waals surface area contributed by atoms with Crippen molar-refractivity contribution in [1.82, 2.24) is 10.3 Å². The summed E-state index contributed by atoms with van der Waals surface area (Å²) in [4.78, 5) is 6.43. The van der Waals surface area contributed by atoms with Crippen LogP contribution in [0.15, 0.2) is 18.5 Å². The first kappa shape index (κ1) is 9.74. The average molecular weight is 212 g/mol. The number of nitrogens with zero attached hydrogens (tertiary/aromatic N) is 2. The topological polar surface area (TPSA) is 28.2 Å². The fourth-order valence-corrected chi connectivity index (χ4v) is 1.95. The number of hydrogen-bond donors (Lipinski definition) is 1. The molecule has 0 spiro atoms. The first-order chi connectivity index (χ1) is 6.77. The van der Waals surface area contributed by atoms with Crippen LogP contribution >= 0.6 is 11.6 Å². The summed E-state index contributed by atoms with van der Waals surface area (Å²) in [5.41, 5.74) is 1.12. The van der Waals surface area contributed by atoms with Crippen molar-refractivity contribution in [2.75, 3.05) is 24.5 Å². The Balaban J connectivity index is 2.20.